The summed E-state index contributed by atoms with van der Waals surface area (Å²) in [6, 6.07) is -0.874. The lowest BCUT2D eigenvalue weighted by Gasteiger charge is -2.23. The summed E-state index contributed by atoms with van der Waals surface area (Å²) in [5.74, 6) is -0.216. The van der Waals surface area contributed by atoms with Crippen LogP contribution in [0.5, 0.6) is 0 Å². The zero-order chi connectivity index (χ0) is 40.3. The van der Waals surface area contributed by atoms with Crippen molar-refractivity contribution < 1.29 is 28.4 Å². The highest BCUT2D eigenvalue weighted by molar-refractivity contribution is 7.47. The molecule has 0 aliphatic heterocycles. The molecule has 8 nitrogen and oxygen atoms in total. The van der Waals surface area contributed by atoms with Crippen molar-refractivity contribution >= 4 is 13.7 Å². The molecule has 0 aliphatic rings. The molecule has 5 N–H and O–H groups in total. The first-order valence-electron chi connectivity index (χ1n) is 22.1. The first-order chi connectivity index (χ1) is 26.9. The van der Waals surface area contributed by atoms with Crippen molar-refractivity contribution in [2.45, 2.75) is 193 Å². The summed E-state index contributed by atoms with van der Waals surface area (Å²) in [5, 5.41) is 13.7. The molecule has 0 aromatic rings. The Bertz CT molecular complexity index is 1090. The number of amides is 1. The largest absolute Gasteiger partial charge is 0.472 e. The van der Waals surface area contributed by atoms with Crippen LogP contribution in [0.3, 0.4) is 0 Å². The van der Waals surface area contributed by atoms with E-state index in [9.17, 15) is 19.4 Å². The van der Waals surface area contributed by atoms with Gasteiger partial charge in [0, 0.05) is 13.0 Å². The average Bonchev–Trinajstić information content (AvgIpc) is 3.17. The molecule has 1 amide bonds. The molecule has 0 bridgehead atoms. The molecule has 0 aliphatic carbocycles. The fraction of sp³-hybridized carbons (Fsp3) is 0.717. The van der Waals surface area contributed by atoms with Crippen LogP contribution >= 0.6 is 7.82 Å². The molecular formula is C46H83N2O6P. The number of phosphoric acid groups is 1. The lowest BCUT2D eigenvalue weighted by molar-refractivity contribution is -0.123. The van der Waals surface area contributed by atoms with Crippen LogP contribution in [0.4, 0.5) is 0 Å². The second-order valence-corrected chi connectivity index (χ2v) is 16.0. The van der Waals surface area contributed by atoms with Crippen molar-refractivity contribution in [3.8, 4) is 0 Å². The number of nitrogens with one attached hydrogen (secondary N) is 1. The van der Waals surface area contributed by atoms with E-state index < -0.39 is 20.0 Å². The SMILES string of the molecule is CC/C=C\C/C=C\C/C=C\C/C=C\C/C=C\CCCCCCCC(=O)NC(COP(=O)(O)OCCN)C(O)/C=C/CCCCCCCCCCCCCCC. The Kier molecular flexibility index (Phi) is 40.0. The number of carbonyl (C=O) groups is 1. The molecule has 0 spiro atoms. The van der Waals surface area contributed by atoms with Gasteiger partial charge in [0.2, 0.25) is 5.91 Å². The maximum atomic E-state index is 12.8. The zero-order valence-electron chi connectivity index (χ0n) is 35.1. The highest BCUT2D eigenvalue weighted by Crippen LogP contribution is 2.43. The summed E-state index contributed by atoms with van der Waals surface area (Å²) in [4.78, 5) is 22.7. The van der Waals surface area contributed by atoms with Gasteiger partial charge in [-0.05, 0) is 64.2 Å². The summed E-state index contributed by atoms with van der Waals surface area (Å²) in [5.41, 5.74) is 5.37. The Morgan fingerprint density at radius 3 is 1.55 bits per heavy atom. The number of allylic oxidation sites excluding steroid dienone is 11. The van der Waals surface area contributed by atoms with Crippen LogP contribution in [0.15, 0.2) is 72.9 Å². The zero-order valence-corrected chi connectivity index (χ0v) is 36.0. The van der Waals surface area contributed by atoms with Gasteiger partial charge in [0.15, 0.2) is 0 Å². The van der Waals surface area contributed by atoms with Gasteiger partial charge in [0.1, 0.15) is 0 Å². The molecule has 55 heavy (non-hydrogen) atoms. The molecule has 0 saturated carbocycles. The van der Waals surface area contributed by atoms with Gasteiger partial charge in [-0.2, -0.15) is 0 Å². The first-order valence-corrected chi connectivity index (χ1v) is 23.6. The van der Waals surface area contributed by atoms with E-state index >= 15 is 0 Å². The number of hydrogen-bond acceptors (Lipinski definition) is 6. The molecule has 0 aromatic carbocycles. The molecule has 3 unspecified atom stereocenters. The van der Waals surface area contributed by atoms with E-state index in [1.54, 1.807) is 6.08 Å². The van der Waals surface area contributed by atoms with Crippen molar-refractivity contribution in [1.82, 2.24) is 5.32 Å². The summed E-state index contributed by atoms with van der Waals surface area (Å²) in [6.07, 6.45) is 53.7. The molecule has 0 heterocycles. The van der Waals surface area contributed by atoms with Gasteiger partial charge in [-0.25, -0.2) is 4.57 Å². The van der Waals surface area contributed by atoms with Crippen molar-refractivity contribution in [2.75, 3.05) is 19.8 Å². The molecular weight excluding hydrogens is 707 g/mol. The van der Waals surface area contributed by atoms with E-state index in [0.717, 1.165) is 89.9 Å². The van der Waals surface area contributed by atoms with Gasteiger partial charge in [-0.1, -0.05) is 183 Å². The molecule has 0 radical (unpaired) electrons. The van der Waals surface area contributed by atoms with Crippen LogP contribution < -0.4 is 11.1 Å². The molecule has 0 aromatic heterocycles. The minimum Gasteiger partial charge on any atom is -0.387 e. The lowest BCUT2D eigenvalue weighted by Crippen LogP contribution is -2.45. The van der Waals surface area contributed by atoms with Crippen molar-refractivity contribution in [3.63, 3.8) is 0 Å². The predicted octanol–water partition coefficient (Wildman–Crippen LogP) is 12.4. The summed E-state index contributed by atoms with van der Waals surface area (Å²) >= 11 is 0. The first kappa shape index (κ1) is 52.9. The van der Waals surface area contributed by atoms with Gasteiger partial charge in [-0.15, -0.1) is 0 Å². The van der Waals surface area contributed by atoms with Crippen LogP contribution in [0, 0.1) is 0 Å². The van der Waals surface area contributed by atoms with E-state index in [4.69, 9.17) is 14.8 Å². The fourth-order valence-corrected chi connectivity index (χ4v) is 6.74. The van der Waals surface area contributed by atoms with Crippen molar-refractivity contribution in [3.05, 3.63) is 72.9 Å². The third-order valence-electron chi connectivity index (χ3n) is 9.29. The van der Waals surface area contributed by atoms with E-state index in [-0.39, 0.29) is 25.7 Å². The highest BCUT2D eigenvalue weighted by atomic mass is 31.2. The Labute approximate surface area is 337 Å². The number of aliphatic hydroxyl groups excluding tert-OH is 1. The van der Waals surface area contributed by atoms with E-state index in [2.05, 4.69) is 79.9 Å². The van der Waals surface area contributed by atoms with Gasteiger partial charge in [0.25, 0.3) is 0 Å². The average molecular weight is 791 g/mol. The molecule has 318 valence electrons. The van der Waals surface area contributed by atoms with Crippen LogP contribution in [0.25, 0.3) is 0 Å². The number of phosphoric ester groups is 1. The number of nitrogens with two attached hydrogens (primary N) is 1. The maximum absolute atomic E-state index is 12.8. The third kappa shape index (κ3) is 40.0. The predicted molar refractivity (Wildman–Crippen MR) is 235 cm³/mol. The monoisotopic (exact) mass is 791 g/mol. The van der Waals surface area contributed by atoms with Gasteiger partial charge >= 0.3 is 7.82 Å². The van der Waals surface area contributed by atoms with Crippen molar-refractivity contribution in [1.29, 1.82) is 0 Å². The highest BCUT2D eigenvalue weighted by Gasteiger charge is 2.26. The smallest absolute Gasteiger partial charge is 0.387 e. The molecule has 0 saturated heterocycles. The molecule has 0 fully saturated rings. The molecule has 9 heteroatoms. The standard InChI is InChI=1S/C46H83N2O6P/c1-3-5-7-9-11-13-15-17-19-20-21-22-23-24-26-28-30-32-34-36-38-40-46(50)48-44(43-54-55(51,52)53-42-41-47)45(49)39-37-35-33-31-29-27-25-18-16-14-12-10-8-6-4-2/h5,7,11,13,17,19,21-22,24,26,37,39,44-45,49H,3-4,6,8-10,12,14-16,18,20,23,25,27-36,38,40-43,47H2,1-2H3,(H,48,50)(H,51,52)/b7-5-,13-11-,19-17-,22-21-,26-24-,39-37+. The summed E-state index contributed by atoms with van der Waals surface area (Å²) < 4.78 is 22.1. The molecule has 0 rings (SSSR count). The summed E-state index contributed by atoms with van der Waals surface area (Å²) in [6.45, 7) is 3.99. The van der Waals surface area contributed by atoms with E-state index in [1.807, 2.05) is 6.08 Å². The number of unbranched alkanes of at least 4 members (excludes halogenated alkanes) is 18. The minimum absolute atomic E-state index is 0.0714. The van der Waals surface area contributed by atoms with E-state index in [1.165, 1.54) is 70.6 Å². The molecule has 3 atom stereocenters. The maximum Gasteiger partial charge on any atom is 0.472 e. The quantitative estimate of drug-likeness (QED) is 0.0276. The Hall–Kier alpha value is -2.06. The summed E-state index contributed by atoms with van der Waals surface area (Å²) in [7, 11) is -4.35. The van der Waals surface area contributed by atoms with Crippen molar-refractivity contribution in [2.24, 2.45) is 5.73 Å². The second-order valence-electron chi connectivity index (χ2n) is 14.5. The van der Waals surface area contributed by atoms with Gasteiger partial charge in [0.05, 0.1) is 25.4 Å². The normalized spacial score (nSPS) is 14.8. The number of hydrogen-bond donors (Lipinski definition) is 4. The Morgan fingerprint density at radius 1 is 0.618 bits per heavy atom. The number of rotatable bonds is 40. The van der Waals surface area contributed by atoms with E-state index in [0.29, 0.717) is 6.42 Å². The van der Waals surface area contributed by atoms with Crippen LogP contribution in [0.2, 0.25) is 0 Å². The second kappa shape index (κ2) is 41.6. The Balaban J connectivity index is 4.27. The number of carbonyl (C=O) groups excluding carboxylic acids is 1. The fourth-order valence-electron chi connectivity index (χ4n) is 5.98. The Morgan fingerprint density at radius 2 is 1.05 bits per heavy atom. The minimum atomic E-state index is -4.35. The van der Waals surface area contributed by atoms with Gasteiger partial charge in [-0.3, -0.25) is 13.8 Å². The third-order valence-corrected chi connectivity index (χ3v) is 10.3. The topological polar surface area (TPSA) is 131 Å². The van der Waals surface area contributed by atoms with Crippen LogP contribution in [0.1, 0.15) is 181 Å². The van der Waals surface area contributed by atoms with Gasteiger partial charge < -0.3 is 21.1 Å². The number of aliphatic hydroxyl groups is 1. The van der Waals surface area contributed by atoms with Crippen LogP contribution in [-0.4, -0.2) is 47.8 Å². The lowest BCUT2D eigenvalue weighted by atomic mass is 10.0. The van der Waals surface area contributed by atoms with Crippen LogP contribution in [-0.2, 0) is 18.4 Å².